The zero-order valence-electron chi connectivity index (χ0n) is 24.8. The van der Waals surface area contributed by atoms with Crippen molar-refractivity contribution in [3.63, 3.8) is 0 Å². The summed E-state index contributed by atoms with van der Waals surface area (Å²) in [6, 6.07) is 8.61. The van der Waals surface area contributed by atoms with E-state index in [0.717, 1.165) is 5.69 Å². The van der Waals surface area contributed by atoms with Gasteiger partial charge in [-0.05, 0) is 44.2 Å². The summed E-state index contributed by atoms with van der Waals surface area (Å²) in [6.45, 7) is 8.18. The van der Waals surface area contributed by atoms with Crippen molar-refractivity contribution in [2.24, 2.45) is 0 Å². The van der Waals surface area contributed by atoms with Crippen molar-refractivity contribution in [2.75, 3.05) is 67.2 Å². The third-order valence-corrected chi connectivity index (χ3v) is 8.21. The number of esters is 1. The van der Waals surface area contributed by atoms with E-state index in [1.54, 1.807) is 16.4 Å². The van der Waals surface area contributed by atoms with Crippen molar-refractivity contribution in [2.45, 2.75) is 32.9 Å². The van der Waals surface area contributed by atoms with E-state index in [4.69, 9.17) is 14.2 Å². The molecule has 3 aliphatic heterocycles. The molecular weight excluding hydrogens is 573 g/mol. The number of aromatic nitrogens is 1. The molecule has 2 fully saturated rings. The number of rotatable bonds is 7. The van der Waals surface area contributed by atoms with E-state index in [9.17, 15) is 19.2 Å². The molecule has 12 nitrogen and oxygen atoms in total. The molecule has 4 heterocycles. The normalized spacial score (nSPS) is 19.5. The summed E-state index contributed by atoms with van der Waals surface area (Å²) in [7, 11) is 0. The second-order valence-corrected chi connectivity index (χ2v) is 11.1. The standard InChI is InChI=1S/C31H34FN5O7/c1-4-42-30(40)24-16-36-18(2)17-43-29-26(36)23(28(24)39)13-25(32)27(29)35-11-9-34(10-12-35)20-5-7-21(8-6-20)37-15-22(44-31(37)41)14-33-19(3)38/h5-8,13,16,18,22H,4,9-12,14-15,17H2,1-3H3,(H,33,38). The molecule has 3 aromatic rings. The van der Waals surface area contributed by atoms with Gasteiger partial charge in [0.05, 0.1) is 36.6 Å². The van der Waals surface area contributed by atoms with Gasteiger partial charge in [-0.25, -0.2) is 14.0 Å². The van der Waals surface area contributed by atoms with Gasteiger partial charge >= 0.3 is 12.1 Å². The lowest BCUT2D eigenvalue weighted by Gasteiger charge is -2.39. The molecule has 0 bridgehead atoms. The first kappa shape index (κ1) is 29.3. The maximum Gasteiger partial charge on any atom is 0.414 e. The first-order valence-corrected chi connectivity index (χ1v) is 14.7. The Bertz CT molecular complexity index is 1680. The van der Waals surface area contributed by atoms with Crippen LogP contribution in [0.5, 0.6) is 5.75 Å². The molecule has 2 aromatic carbocycles. The number of nitrogens with one attached hydrogen (secondary N) is 1. The molecule has 2 atom stereocenters. The molecular formula is C31H34FN5O7. The minimum absolute atomic E-state index is 0.0837. The highest BCUT2D eigenvalue weighted by molar-refractivity contribution is 5.98. The average molecular weight is 608 g/mol. The minimum Gasteiger partial charge on any atom is -0.487 e. The highest BCUT2D eigenvalue weighted by Crippen LogP contribution is 2.42. The SMILES string of the molecule is CCOC(=O)c1cn2c3c(c(N4CCN(c5ccc(N6CC(CNC(C)=O)OC6=O)cc5)CC4)c(F)cc3c1=O)OCC2C. The van der Waals surface area contributed by atoms with Crippen LogP contribution in [0.4, 0.5) is 26.2 Å². The van der Waals surface area contributed by atoms with Gasteiger partial charge in [-0.15, -0.1) is 0 Å². The zero-order chi connectivity index (χ0) is 31.1. The molecule has 0 saturated carbocycles. The van der Waals surface area contributed by atoms with Gasteiger partial charge in [-0.3, -0.25) is 14.5 Å². The molecule has 0 spiro atoms. The summed E-state index contributed by atoms with van der Waals surface area (Å²) in [4.78, 5) is 54.9. The summed E-state index contributed by atoms with van der Waals surface area (Å²) in [6.07, 6.45) is 0.622. The largest absolute Gasteiger partial charge is 0.487 e. The Labute approximate surface area is 252 Å². The van der Waals surface area contributed by atoms with Gasteiger partial charge in [0.2, 0.25) is 11.3 Å². The fourth-order valence-corrected chi connectivity index (χ4v) is 5.99. The van der Waals surface area contributed by atoms with E-state index in [-0.39, 0.29) is 42.7 Å². The topological polar surface area (TPSA) is 123 Å². The molecule has 2 unspecified atom stereocenters. The van der Waals surface area contributed by atoms with Gasteiger partial charge in [-0.2, -0.15) is 0 Å². The molecule has 0 aliphatic carbocycles. The lowest BCUT2D eigenvalue weighted by atomic mass is 10.1. The predicted molar refractivity (Wildman–Crippen MR) is 161 cm³/mol. The van der Waals surface area contributed by atoms with Crippen LogP contribution in [-0.4, -0.2) is 81.1 Å². The second kappa shape index (κ2) is 11.7. The number of hydrogen-bond acceptors (Lipinski definition) is 9. The number of hydrogen-bond donors (Lipinski definition) is 1. The van der Waals surface area contributed by atoms with E-state index in [0.29, 0.717) is 55.4 Å². The number of amides is 2. The van der Waals surface area contributed by atoms with Crippen LogP contribution in [0.3, 0.4) is 0 Å². The lowest BCUT2D eigenvalue weighted by Crippen LogP contribution is -2.47. The Morgan fingerprint density at radius 3 is 2.43 bits per heavy atom. The van der Waals surface area contributed by atoms with Crippen molar-refractivity contribution in [1.82, 2.24) is 9.88 Å². The van der Waals surface area contributed by atoms with Gasteiger partial charge in [0.15, 0.2) is 11.6 Å². The van der Waals surface area contributed by atoms with E-state index in [1.807, 2.05) is 36.1 Å². The lowest BCUT2D eigenvalue weighted by molar-refractivity contribution is -0.119. The van der Waals surface area contributed by atoms with Crippen LogP contribution in [0.25, 0.3) is 10.9 Å². The first-order valence-electron chi connectivity index (χ1n) is 14.7. The number of ether oxygens (including phenoxy) is 3. The number of carbonyl (C=O) groups excluding carboxylic acids is 3. The maximum absolute atomic E-state index is 15.8. The number of anilines is 3. The van der Waals surface area contributed by atoms with Crippen LogP contribution in [-0.2, 0) is 14.3 Å². The summed E-state index contributed by atoms with van der Waals surface area (Å²) in [5.41, 5.74) is 1.72. The number of halogens is 1. The van der Waals surface area contributed by atoms with Crippen molar-refractivity contribution < 1.29 is 33.0 Å². The van der Waals surface area contributed by atoms with E-state index >= 15 is 4.39 Å². The molecule has 6 rings (SSSR count). The summed E-state index contributed by atoms with van der Waals surface area (Å²) in [5, 5.41) is 2.75. The first-order chi connectivity index (χ1) is 21.2. The van der Waals surface area contributed by atoms with Crippen LogP contribution >= 0.6 is 0 Å². The minimum atomic E-state index is -0.733. The molecule has 44 heavy (non-hydrogen) atoms. The third kappa shape index (κ3) is 5.26. The van der Waals surface area contributed by atoms with Crippen LogP contribution in [0.15, 0.2) is 41.3 Å². The van der Waals surface area contributed by atoms with Crippen LogP contribution in [0.2, 0.25) is 0 Å². The smallest absolute Gasteiger partial charge is 0.414 e. The van der Waals surface area contributed by atoms with Gasteiger partial charge in [-0.1, -0.05) is 0 Å². The highest BCUT2D eigenvalue weighted by atomic mass is 19.1. The van der Waals surface area contributed by atoms with E-state index < -0.39 is 29.4 Å². The van der Waals surface area contributed by atoms with Crippen LogP contribution < -0.4 is 30.2 Å². The average Bonchev–Trinajstić information content (AvgIpc) is 3.39. The fourth-order valence-electron chi connectivity index (χ4n) is 5.99. The molecule has 3 aliphatic rings. The number of pyridine rings is 1. The number of carbonyl (C=O) groups is 3. The molecule has 2 saturated heterocycles. The molecule has 2 amide bonds. The number of benzene rings is 2. The van der Waals surface area contributed by atoms with Gasteiger partial charge in [0, 0.05) is 50.7 Å². The molecule has 13 heteroatoms. The molecule has 1 aromatic heterocycles. The molecule has 1 N–H and O–H groups in total. The fraction of sp³-hybridized carbons (Fsp3) is 0.419. The Morgan fingerprint density at radius 2 is 1.75 bits per heavy atom. The summed E-state index contributed by atoms with van der Waals surface area (Å²) < 4.78 is 34.1. The van der Waals surface area contributed by atoms with Crippen molar-refractivity contribution >= 4 is 45.9 Å². The van der Waals surface area contributed by atoms with E-state index in [1.165, 1.54) is 19.2 Å². The number of cyclic esters (lactones) is 1. The molecule has 0 radical (unpaired) electrons. The van der Waals surface area contributed by atoms with Gasteiger partial charge in [0.1, 0.15) is 24.0 Å². The van der Waals surface area contributed by atoms with Gasteiger partial charge in [0.25, 0.3) is 0 Å². The molecule has 232 valence electrons. The zero-order valence-corrected chi connectivity index (χ0v) is 24.8. The van der Waals surface area contributed by atoms with Gasteiger partial charge < -0.3 is 33.9 Å². The van der Waals surface area contributed by atoms with Crippen molar-refractivity contribution in [1.29, 1.82) is 0 Å². The Balaban J connectivity index is 1.19. The number of nitrogens with zero attached hydrogens (tertiary/aromatic N) is 4. The highest BCUT2D eigenvalue weighted by Gasteiger charge is 2.34. The summed E-state index contributed by atoms with van der Waals surface area (Å²) in [5.74, 6) is -1.20. The summed E-state index contributed by atoms with van der Waals surface area (Å²) >= 11 is 0. The van der Waals surface area contributed by atoms with Crippen molar-refractivity contribution in [3.8, 4) is 5.75 Å². The Hall–Kier alpha value is -4.81. The monoisotopic (exact) mass is 607 g/mol. The van der Waals surface area contributed by atoms with E-state index in [2.05, 4.69) is 10.2 Å². The van der Waals surface area contributed by atoms with Crippen LogP contribution in [0, 0.1) is 5.82 Å². The van der Waals surface area contributed by atoms with Crippen molar-refractivity contribution in [3.05, 3.63) is 58.1 Å². The Kier molecular flexibility index (Phi) is 7.78. The number of piperazine rings is 1. The maximum atomic E-state index is 15.8. The quantitative estimate of drug-likeness (QED) is 0.404. The van der Waals surface area contributed by atoms with Crippen LogP contribution in [0.1, 0.15) is 37.2 Å². The Morgan fingerprint density at radius 1 is 1.07 bits per heavy atom. The third-order valence-electron chi connectivity index (χ3n) is 8.21. The second-order valence-electron chi connectivity index (χ2n) is 11.1. The predicted octanol–water partition coefficient (Wildman–Crippen LogP) is 3.06.